The average Bonchev–Trinajstić information content (AvgIpc) is 3.34. The fourth-order valence-electron chi connectivity index (χ4n) is 6.18. The van der Waals surface area contributed by atoms with Gasteiger partial charge in [0.05, 0.1) is 6.54 Å². The fraction of sp³-hybridized carbons (Fsp3) is 0.357. The van der Waals surface area contributed by atoms with Gasteiger partial charge in [-0.05, 0) is 53.8 Å². The number of carbonyl (C=O) groups is 1. The number of nitrogens with two attached hydrogens (primary N) is 1. The van der Waals surface area contributed by atoms with Crippen molar-refractivity contribution in [3.63, 3.8) is 0 Å². The number of pyridine rings is 1. The van der Waals surface area contributed by atoms with E-state index in [1.165, 1.54) is 6.07 Å². The number of alkyl halides is 3. The zero-order valence-corrected chi connectivity index (χ0v) is 20.7. The summed E-state index contributed by atoms with van der Waals surface area (Å²) in [6.07, 6.45) is -1.96. The zero-order valence-electron chi connectivity index (χ0n) is 20.7. The second kappa shape index (κ2) is 8.97. The molecule has 0 aliphatic carbocycles. The van der Waals surface area contributed by atoms with Gasteiger partial charge < -0.3 is 16.0 Å². The molecule has 2 aromatic carbocycles. The molecule has 3 aliphatic rings. The number of nitrogens with one attached hydrogen (secondary N) is 1. The van der Waals surface area contributed by atoms with E-state index in [2.05, 4.69) is 15.2 Å². The molecule has 2 bridgehead atoms. The first-order chi connectivity index (χ1) is 18.1. The van der Waals surface area contributed by atoms with Crippen molar-refractivity contribution in [2.45, 2.75) is 31.6 Å². The topological polar surface area (TPSA) is 74.5 Å². The summed E-state index contributed by atoms with van der Waals surface area (Å²) in [6, 6.07) is 12.4. The van der Waals surface area contributed by atoms with Gasteiger partial charge in [-0.25, -0.2) is 9.37 Å². The van der Waals surface area contributed by atoms with Crippen LogP contribution in [0.4, 0.5) is 29.1 Å². The summed E-state index contributed by atoms with van der Waals surface area (Å²) in [5, 5.41) is 2.72. The molecule has 3 atom stereocenters. The van der Waals surface area contributed by atoms with Crippen LogP contribution in [0.1, 0.15) is 22.8 Å². The quantitative estimate of drug-likeness (QED) is 0.491. The van der Waals surface area contributed by atoms with Crippen LogP contribution < -0.4 is 16.0 Å². The standard InChI is InChI=1S/C28H27F4N5O/c1-15-24-13-37(25(15)12-36(24)14-28(30,31)32)19-4-2-16(3-5-19)18-9-22(26(33)35-11-18)21-8-17-6-7-34-27(38)20(17)10-23(21)29/h2-5,8-11,15,24-25H,6-7,12-14H2,1H3,(H2,33,35)(H,34,38)/t15-,24+,25+/m0/s1. The molecule has 2 saturated heterocycles. The van der Waals surface area contributed by atoms with Gasteiger partial charge in [0.1, 0.15) is 11.6 Å². The largest absolute Gasteiger partial charge is 0.401 e. The van der Waals surface area contributed by atoms with Crippen LogP contribution in [0.3, 0.4) is 0 Å². The molecule has 0 saturated carbocycles. The number of piperazine rings is 1. The lowest BCUT2D eigenvalue weighted by Crippen LogP contribution is -2.49. The van der Waals surface area contributed by atoms with Crippen LogP contribution in [0.15, 0.2) is 48.7 Å². The van der Waals surface area contributed by atoms with E-state index in [0.717, 1.165) is 22.4 Å². The number of aromatic nitrogens is 1. The monoisotopic (exact) mass is 525 g/mol. The molecule has 2 fully saturated rings. The van der Waals surface area contributed by atoms with Gasteiger partial charge in [0, 0.05) is 65.9 Å². The molecule has 38 heavy (non-hydrogen) atoms. The molecule has 3 aromatic rings. The summed E-state index contributed by atoms with van der Waals surface area (Å²) in [6.45, 7) is 2.61. The maximum absolute atomic E-state index is 15.1. The van der Waals surface area contributed by atoms with Gasteiger partial charge in [-0.15, -0.1) is 0 Å². The Kier molecular flexibility index (Phi) is 5.82. The molecule has 3 N–H and O–H groups in total. The van der Waals surface area contributed by atoms with E-state index in [4.69, 9.17) is 5.73 Å². The highest BCUT2D eigenvalue weighted by molar-refractivity contribution is 5.97. The summed E-state index contributed by atoms with van der Waals surface area (Å²) in [4.78, 5) is 20.1. The summed E-state index contributed by atoms with van der Waals surface area (Å²) in [7, 11) is 0. The Morgan fingerprint density at radius 2 is 1.79 bits per heavy atom. The SMILES string of the molecule is C[C@H]1[C@H]2CN(c3ccc(-c4cnc(N)c(-c5cc6c(cc5F)C(=O)NCC6)c4)cc3)[C@@H]1CN2CC(F)(F)F. The molecule has 0 spiro atoms. The third-order valence-electron chi connectivity index (χ3n) is 8.13. The summed E-state index contributed by atoms with van der Waals surface area (Å²) >= 11 is 0. The number of hydrogen-bond acceptors (Lipinski definition) is 5. The lowest BCUT2D eigenvalue weighted by atomic mass is 9.93. The predicted molar refractivity (Wildman–Crippen MR) is 137 cm³/mol. The number of nitrogens with zero attached hydrogens (tertiary/aromatic N) is 3. The highest BCUT2D eigenvalue weighted by Gasteiger charge is 2.51. The Bertz CT molecular complexity index is 1410. The van der Waals surface area contributed by atoms with Gasteiger partial charge in [0.2, 0.25) is 0 Å². The van der Waals surface area contributed by atoms with Crippen molar-refractivity contribution in [1.82, 2.24) is 15.2 Å². The highest BCUT2D eigenvalue weighted by atomic mass is 19.4. The van der Waals surface area contributed by atoms with E-state index >= 15 is 4.39 Å². The number of likely N-dealkylation sites (tertiary alicyclic amines) is 1. The van der Waals surface area contributed by atoms with Crippen LogP contribution in [-0.2, 0) is 6.42 Å². The van der Waals surface area contributed by atoms with Gasteiger partial charge in [-0.1, -0.05) is 19.1 Å². The van der Waals surface area contributed by atoms with Crippen molar-refractivity contribution in [3.05, 3.63) is 65.6 Å². The summed E-state index contributed by atoms with van der Waals surface area (Å²) < 4.78 is 53.9. The Hall–Kier alpha value is -3.66. The molecule has 1 aromatic heterocycles. The van der Waals surface area contributed by atoms with Crippen molar-refractivity contribution in [1.29, 1.82) is 0 Å². The first-order valence-electron chi connectivity index (χ1n) is 12.6. The van der Waals surface area contributed by atoms with Crippen molar-refractivity contribution in [3.8, 4) is 22.3 Å². The van der Waals surface area contributed by atoms with Crippen molar-refractivity contribution in [2.75, 3.05) is 36.8 Å². The Morgan fingerprint density at radius 3 is 2.47 bits per heavy atom. The minimum atomic E-state index is -4.20. The third kappa shape index (κ3) is 4.26. The number of carbonyl (C=O) groups excluding carboxylic acids is 1. The van der Waals surface area contributed by atoms with Crippen LogP contribution in [0.25, 0.3) is 22.3 Å². The number of nitrogen functional groups attached to an aromatic ring is 1. The van der Waals surface area contributed by atoms with Gasteiger partial charge in [-0.3, -0.25) is 9.69 Å². The fourth-order valence-corrected chi connectivity index (χ4v) is 6.18. The van der Waals surface area contributed by atoms with Crippen molar-refractivity contribution in [2.24, 2.45) is 5.92 Å². The molecule has 3 aliphatic heterocycles. The Balaban J connectivity index is 1.25. The Labute approximate surface area is 217 Å². The lowest BCUT2D eigenvalue weighted by molar-refractivity contribution is -0.148. The van der Waals surface area contributed by atoms with E-state index in [-0.39, 0.29) is 29.7 Å². The number of amides is 1. The second-order valence-corrected chi connectivity index (χ2v) is 10.4. The summed E-state index contributed by atoms with van der Waals surface area (Å²) in [5.41, 5.74) is 10.6. The van der Waals surface area contributed by atoms with Crippen LogP contribution >= 0.6 is 0 Å². The first kappa shape index (κ1) is 24.7. The average molecular weight is 526 g/mol. The molecular weight excluding hydrogens is 498 g/mol. The molecule has 6 rings (SSSR count). The number of fused-ring (bicyclic) bond motifs is 3. The third-order valence-corrected chi connectivity index (χ3v) is 8.13. The van der Waals surface area contributed by atoms with Crippen LogP contribution in [0.5, 0.6) is 0 Å². The van der Waals surface area contributed by atoms with Crippen molar-refractivity contribution >= 4 is 17.4 Å². The number of halogens is 4. The molecule has 198 valence electrons. The minimum Gasteiger partial charge on any atom is -0.383 e. The van der Waals surface area contributed by atoms with Gasteiger partial charge in [0.25, 0.3) is 5.91 Å². The molecule has 0 unspecified atom stereocenters. The molecule has 1 amide bonds. The van der Waals surface area contributed by atoms with Crippen LogP contribution in [-0.4, -0.2) is 60.2 Å². The first-order valence-corrected chi connectivity index (χ1v) is 12.6. The van der Waals surface area contributed by atoms with E-state index in [1.807, 2.05) is 31.2 Å². The highest BCUT2D eigenvalue weighted by Crippen LogP contribution is 2.41. The van der Waals surface area contributed by atoms with E-state index in [1.54, 1.807) is 23.2 Å². The molecule has 6 nitrogen and oxygen atoms in total. The van der Waals surface area contributed by atoms with Gasteiger partial charge >= 0.3 is 6.18 Å². The maximum Gasteiger partial charge on any atom is 0.401 e. The number of benzene rings is 2. The van der Waals surface area contributed by atoms with Crippen LogP contribution in [0.2, 0.25) is 0 Å². The van der Waals surface area contributed by atoms with E-state index < -0.39 is 18.5 Å². The Morgan fingerprint density at radius 1 is 1.03 bits per heavy atom. The normalized spacial score (nSPS) is 23.0. The predicted octanol–water partition coefficient (Wildman–Crippen LogP) is 4.49. The van der Waals surface area contributed by atoms with Crippen LogP contribution in [0, 0.1) is 11.7 Å². The second-order valence-electron chi connectivity index (χ2n) is 10.4. The number of hydrogen-bond donors (Lipinski definition) is 2. The number of anilines is 2. The lowest BCUT2D eigenvalue weighted by Gasteiger charge is -2.35. The van der Waals surface area contributed by atoms with E-state index in [9.17, 15) is 18.0 Å². The summed E-state index contributed by atoms with van der Waals surface area (Å²) in [5.74, 6) is -0.488. The maximum atomic E-state index is 15.1. The molecule has 10 heteroatoms. The smallest absolute Gasteiger partial charge is 0.383 e. The minimum absolute atomic E-state index is 0.0343. The number of rotatable bonds is 4. The molecular formula is C28H27F4N5O. The molecule has 0 radical (unpaired) electrons. The van der Waals surface area contributed by atoms with Crippen molar-refractivity contribution < 1.29 is 22.4 Å². The molecule has 4 heterocycles. The van der Waals surface area contributed by atoms with Gasteiger partial charge in [-0.2, -0.15) is 13.2 Å². The van der Waals surface area contributed by atoms with Gasteiger partial charge in [0.15, 0.2) is 0 Å². The zero-order chi connectivity index (χ0) is 26.8. The van der Waals surface area contributed by atoms with E-state index in [0.29, 0.717) is 42.7 Å².